The summed E-state index contributed by atoms with van der Waals surface area (Å²) in [4.78, 5) is 0. The van der Waals surface area contributed by atoms with Crippen molar-refractivity contribution in [3.8, 4) is 5.75 Å². The Balaban J connectivity index is 2.64. The quantitative estimate of drug-likeness (QED) is 0.819. The third-order valence-corrected chi connectivity index (χ3v) is 2.65. The highest BCUT2D eigenvalue weighted by atomic mass is 79.9. The fraction of sp³-hybridized carbons (Fsp3) is 0.500. The summed E-state index contributed by atoms with van der Waals surface area (Å²) in [6.45, 7) is 5.77. The van der Waals surface area contributed by atoms with Gasteiger partial charge < -0.3 is 15.2 Å². The molecule has 0 radical (unpaired) electrons. The maximum atomic E-state index is 5.88. The van der Waals surface area contributed by atoms with Crippen molar-refractivity contribution < 1.29 is 9.47 Å². The van der Waals surface area contributed by atoms with Gasteiger partial charge in [-0.05, 0) is 32.0 Å². The summed E-state index contributed by atoms with van der Waals surface area (Å²) in [6, 6.07) is 5.82. The summed E-state index contributed by atoms with van der Waals surface area (Å²) in [5, 5.41) is 0. The molecule has 0 saturated carbocycles. The van der Waals surface area contributed by atoms with E-state index in [1.807, 2.05) is 32.0 Å². The Morgan fingerprint density at radius 3 is 2.75 bits per heavy atom. The lowest BCUT2D eigenvalue weighted by atomic mass is 10.1. The van der Waals surface area contributed by atoms with Gasteiger partial charge in [0.15, 0.2) is 0 Å². The molecule has 0 amide bonds. The number of halogens is 1. The van der Waals surface area contributed by atoms with E-state index in [2.05, 4.69) is 15.9 Å². The first-order valence-electron chi connectivity index (χ1n) is 5.40. The second kappa shape index (κ2) is 6.89. The summed E-state index contributed by atoms with van der Waals surface area (Å²) < 4.78 is 11.9. The average molecular weight is 288 g/mol. The Morgan fingerprint density at radius 2 is 2.12 bits per heavy atom. The zero-order chi connectivity index (χ0) is 12.0. The Hall–Kier alpha value is -0.580. The summed E-state index contributed by atoms with van der Waals surface area (Å²) in [5.74, 6) is 0.831. The maximum Gasteiger partial charge on any atom is 0.124 e. The van der Waals surface area contributed by atoms with E-state index in [4.69, 9.17) is 15.2 Å². The molecule has 0 aliphatic rings. The Bertz CT molecular complexity index is 329. The lowest BCUT2D eigenvalue weighted by Crippen LogP contribution is -2.11. The Kier molecular flexibility index (Phi) is 5.80. The summed E-state index contributed by atoms with van der Waals surface area (Å²) >= 11 is 3.42. The van der Waals surface area contributed by atoms with E-state index in [1.54, 1.807) is 0 Å². The monoisotopic (exact) mass is 287 g/mol. The first-order valence-corrected chi connectivity index (χ1v) is 6.20. The van der Waals surface area contributed by atoms with Crippen molar-refractivity contribution in [2.75, 3.05) is 19.8 Å². The molecule has 0 bridgehead atoms. The van der Waals surface area contributed by atoms with Crippen molar-refractivity contribution in [3.63, 3.8) is 0 Å². The van der Waals surface area contributed by atoms with E-state index in [0.717, 1.165) is 15.8 Å². The largest absolute Gasteiger partial charge is 0.491 e. The topological polar surface area (TPSA) is 44.5 Å². The van der Waals surface area contributed by atoms with Gasteiger partial charge in [0.05, 0.1) is 6.61 Å². The van der Waals surface area contributed by atoms with Gasteiger partial charge in [-0.1, -0.05) is 15.9 Å². The average Bonchev–Trinajstić information content (AvgIpc) is 2.26. The van der Waals surface area contributed by atoms with Crippen LogP contribution in [0.25, 0.3) is 0 Å². The summed E-state index contributed by atoms with van der Waals surface area (Å²) in [6.07, 6.45) is 0. The smallest absolute Gasteiger partial charge is 0.124 e. The fourth-order valence-corrected chi connectivity index (χ4v) is 1.74. The van der Waals surface area contributed by atoms with Crippen LogP contribution in [0.5, 0.6) is 5.75 Å². The van der Waals surface area contributed by atoms with Gasteiger partial charge in [-0.25, -0.2) is 0 Å². The number of nitrogens with two attached hydrogens (primary N) is 1. The highest BCUT2D eigenvalue weighted by Gasteiger charge is 2.08. The lowest BCUT2D eigenvalue weighted by Gasteiger charge is -2.14. The molecular formula is C12H18BrNO2. The first-order chi connectivity index (χ1) is 7.65. The molecule has 0 spiro atoms. The molecule has 0 aromatic heterocycles. The van der Waals surface area contributed by atoms with Gasteiger partial charge in [0, 0.05) is 22.7 Å². The number of hydrogen-bond acceptors (Lipinski definition) is 3. The Morgan fingerprint density at radius 1 is 1.38 bits per heavy atom. The first kappa shape index (κ1) is 13.5. The van der Waals surface area contributed by atoms with Crippen molar-refractivity contribution in [2.45, 2.75) is 19.9 Å². The molecule has 0 unspecified atom stereocenters. The van der Waals surface area contributed by atoms with Crippen molar-refractivity contribution in [2.24, 2.45) is 5.73 Å². The number of rotatable bonds is 6. The third kappa shape index (κ3) is 4.12. The van der Waals surface area contributed by atoms with Crippen LogP contribution < -0.4 is 10.5 Å². The molecule has 0 fully saturated rings. The van der Waals surface area contributed by atoms with Crippen LogP contribution in [0.4, 0.5) is 0 Å². The minimum Gasteiger partial charge on any atom is -0.491 e. The number of hydrogen-bond donors (Lipinski definition) is 1. The predicted molar refractivity (Wildman–Crippen MR) is 68.7 cm³/mol. The van der Waals surface area contributed by atoms with E-state index < -0.39 is 0 Å². The molecular weight excluding hydrogens is 270 g/mol. The number of ether oxygens (including phenoxy) is 2. The van der Waals surface area contributed by atoms with Crippen molar-refractivity contribution >= 4 is 15.9 Å². The van der Waals surface area contributed by atoms with Crippen LogP contribution in [0.15, 0.2) is 22.7 Å². The lowest BCUT2D eigenvalue weighted by molar-refractivity contribution is 0.109. The van der Waals surface area contributed by atoms with Gasteiger partial charge >= 0.3 is 0 Å². The van der Waals surface area contributed by atoms with Crippen LogP contribution >= 0.6 is 15.9 Å². The summed E-state index contributed by atoms with van der Waals surface area (Å²) in [7, 11) is 0. The highest BCUT2D eigenvalue weighted by molar-refractivity contribution is 9.10. The van der Waals surface area contributed by atoms with E-state index >= 15 is 0 Å². The second-order valence-electron chi connectivity index (χ2n) is 3.52. The van der Waals surface area contributed by atoms with Crippen molar-refractivity contribution in [1.29, 1.82) is 0 Å². The van der Waals surface area contributed by atoms with Crippen LogP contribution in [0, 0.1) is 0 Å². The minimum absolute atomic E-state index is 0.0420. The molecule has 3 nitrogen and oxygen atoms in total. The molecule has 1 aromatic rings. The van der Waals surface area contributed by atoms with Gasteiger partial charge in [0.2, 0.25) is 0 Å². The minimum atomic E-state index is -0.0420. The molecule has 0 saturated heterocycles. The van der Waals surface area contributed by atoms with Gasteiger partial charge in [-0.15, -0.1) is 0 Å². The molecule has 4 heteroatoms. The molecule has 2 N–H and O–H groups in total. The van der Waals surface area contributed by atoms with E-state index in [-0.39, 0.29) is 6.04 Å². The third-order valence-electron chi connectivity index (χ3n) is 2.15. The molecule has 16 heavy (non-hydrogen) atoms. The molecule has 0 heterocycles. The van der Waals surface area contributed by atoms with Crippen molar-refractivity contribution in [1.82, 2.24) is 0 Å². The fourth-order valence-electron chi connectivity index (χ4n) is 1.36. The zero-order valence-corrected chi connectivity index (χ0v) is 11.3. The van der Waals surface area contributed by atoms with E-state index in [0.29, 0.717) is 19.8 Å². The van der Waals surface area contributed by atoms with Crippen LogP contribution in [-0.2, 0) is 4.74 Å². The molecule has 1 aromatic carbocycles. The van der Waals surface area contributed by atoms with Gasteiger partial charge in [0.25, 0.3) is 0 Å². The second-order valence-corrected chi connectivity index (χ2v) is 4.43. The van der Waals surface area contributed by atoms with Crippen LogP contribution in [-0.4, -0.2) is 19.8 Å². The van der Waals surface area contributed by atoms with Crippen LogP contribution in [0.2, 0.25) is 0 Å². The predicted octanol–water partition coefficient (Wildman–Crippen LogP) is 2.88. The standard InChI is InChI=1S/C12H18BrNO2/c1-3-15-6-7-16-12-5-4-10(13)8-11(12)9(2)14/h4-5,8-9H,3,6-7,14H2,1-2H3/t9-/m1/s1. The molecule has 1 rings (SSSR count). The Labute approximate surface area is 105 Å². The van der Waals surface area contributed by atoms with Crippen molar-refractivity contribution in [3.05, 3.63) is 28.2 Å². The van der Waals surface area contributed by atoms with Gasteiger partial charge in [-0.3, -0.25) is 0 Å². The van der Waals surface area contributed by atoms with E-state index in [1.165, 1.54) is 0 Å². The van der Waals surface area contributed by atoms with Gasteiger partial charge in [0.1, 0.15) is 12.4 Å². The van der Waals surface area contributed by atoms with Crippen LogP contribution in [0.3, 0.4) is 0 Å². The molecule has 0 aliphatic heterocycles. The molecule has 1 atom stereocenters. The zero-order valence-electron chi connectivity index (χ0n) is 9.70. The molecule has 0 aliphatic carbocycles. The van der Waals surface area contributed by atoms with Gasteiger partial charge in [-0.2, -0.15) is 0 Å². The van der Waals surface area contributed by atoms with Crippen LogP contribution in [0.1, 0.15) is 25.5 Å². The van der Waals surface area contributed by atoms with E-state index in [9.17, 15) is 0 Å². The maximum absolute atomic E-state index is 5.88. The number of benzene rings is 1. The summed E-state index contributed by atoms with van der Waals surface area (Å²) in [5.41, 5.74) is 6.89. The normalized spacial score (nSPS) is 12.5. The highest BCUT2D eigenvalue weighted by Crippen LogP contribution is 2.27. The molecule has 90 valence electrons. The SMILES string of the molecule is CCOCCOc1ccc(Br)cc1[C@@H](C)N.